The summed E-state index contributed by atoms with van der Waals surface area (Å²) in [5.74, 6) is -2.78. The molecule has 5 rings (SSSR count). The number of anilines is 4. The van der Waals surface area contributed by atoms with Gasteiger partial charge in [0.15, 0.2) is 11.6 Å². The molecule has 14 nitrogen and oxygen atoms in total. The molecule has 0 spiro atoms. The van der Waals surface area contributed by atoms with Gasteiger partial charge in [0.05, 0.1) is 11.4 Å². The maximum absolute atomic E-state index is 13.4. The number of Topliss-reactive ketones (excluding diaryl/α,β-unsaturated/α-hetero) is 2. The van der Waals surface area contributed by atoms with Gasteiger partial charge in [-0.3, -0.25) is 28.8 Å². The van der Waals surface area contributed by atoms with E-state index in [0.29, 0.717) is 58.5 Å². The number of hydrogen-bond acceptors (Lipinski definition) is 10. The minimum absolute atomic E-state index is 0.130. The maximum Gasteiger partial charge on any atom is 0.258 e. The minimum Gasteiger partial charge on any atom is -0.324 e. The largest absolute Gasteiger partial charge is 0.324 e. The highest BCUT2D eigenvalue weighted by atomic mass is 35.5. The molecule has 0 aliphatic carbocycles. The lowest BCUT2D eigenvalue weighted by Crippen LogP contribution is -2.32. The Hall–Kier alpha value is -6.32. The second-order valence-corrected chi connectivity index (χ2v) is 16.1. The van der Waals surface area contributed by atoms with Crippen LogP contribution in [-0.2, 0) is 32.0 Å². The van der Waals surface area contributed by atoms with Crippen LogP contribution in [0.4, 0.5) is 34.1 Å². The van der Waals surface area contributed by atoms with Gasteiger partial charge in [-0.15, -0.1) is 23.2 Å². The number of carbonyl (C=O) groups excluding carboxylic acids is 6. The summed E-state index contributed by atoms with van der Waals surface area (Å²) in [6.07, 6.45) is 1.38. The lowest BCUT2D eigenvalue weighted by molar-refractivity contribution is -0.127. The fourth-order valence-electron chi connectivity index (χ4n) is 6.03. The summed E-state index contributed by atoms with van der Waals surface area (Å²) in [5.41, 5.74) is 5.35. The lowest BCUT2D eigenvalue weighted by atomic mass is 10.1. The first-order valence-corrected chi connectivity index (χ1v) is 21.4. The predicted octanol–water partition coefficient (Wildman–Crippen LogP) is 11.0. The quantitative estimate of drug-likeness (QED) is 0.0382. The van der Waals surface area contributed by atoms with E-state index < -0.39 is 47.3 Å². The first kappa shape index (κ1) is 48.7. The fraction of sp³-hybridized carbons (Fsp3) is 0.217. The zero-order valence-corrected chi connectivity index (χ0v) is 38.0. The van der Waals surface area contributed by atoms with Crippen molar-refractivity contribution >= 4 is 116 Å². The van der Waals surface area contributed by atoms with Gasteiger partial charge >= 0.3 is 0 Å². The normalized spacial score (nSPS) is 12.1. The third-order valence-electron chi connectivity index (χ3n) is 9.41. The number of aryl methyl sites for hydroxylation is 4. The highest BCUT2D eigenvalue weighted by Crippen LogP contribution is 2.28. The van der Waals surface area contributed by atoms with Crippen LogP contribution < -0.4 is 21.3 Å². The van der Waals surface area contributed by atoms with Crippen molar-refractivity contribution in [3.63, 3.8) is 0 Å². The first-order chi connectivity index (χ1) is 30.5. The van der Waals surface area contributed by atoms with Crippen LogP contribution in [0.3, 0.4) is 0 Å². The van der Waals surface area contributed by atoms with Gasteiger partial charge in [0.1, 0.15) is 0 Å². The Balaban J connectivity index is 1.24. The molecule has 330 valence electrons. The topological polar surface area (TPSA) is 200 Å². The molecule has 5 aromatic carbocycles. The Morgan fingerprint density at radius 3 is 1.20 bits per heavy atom. The third kappa shape index (κ3) is 13.8. The number of azo groups is 2. The molecule has 0 bridgehead atoms. The molecule has 4 amide bonds. The second kappa shape index (κ2) is 22.9. The van der Waals surface area contributed by atoms with E-state index in [1.165, 1.54) is 50.2 Å². The van der Waals surface area contributed by atoms with Crippen LogP contribution in [0.1, 0.15) is 56.8 Å². The van der Waals surface area contributed by atoms with E-state index >= 15 is 0 Å². The number of nitrogens with one attached hydrogen (secondary N) is 4. The van der Waals surface area contributed by atoms with Gasteiger partial charge in [0.2, 0.25) is 12.1 Å². The van der Waals surface area contributed by atoms with Crippen LogP contribution in [0.2, 0.25) is 10.0 Å². The highest BCUT2D eigenvalue weighted by Gasteiger charge is 2.26. The molecule has 2 unspecified atom stereocenters. The Morgan fingerprint density at radius 2 is 0.875 bits per heavy atom. The number of nitrogens with zero attached hydrogens (tertiary/aromatic N) is 4. The summed E-state index contributed by atoms with van der Waals surface area (Å²) in [4.78, 5) is 78.1. The third-order valence-corrected chi connectivity index (χ3v) is 10.2. The number of rotatable bonds is 18. The molecule has 0 saturated heterocycles. The summed E-state index contributed by atoms with van der Waals surface area (Å²) in [7, 11) is 0. The molecule has 0 aromatic heterocycles. The van der Waals surface area contributed by atoms with Gasteiger partial charge in [-0.1, -0.05) is 47.5 Å². The van der Waals surface area contributed by atoms with Crippen LogP contribution in [0.5, 0.6) is 0 Å². The van der Waals surface area contributed by atoms with Crippen molar-refractivity contribution in [1.29, 1.82) is 0 Å². The van der Waals surface area contributed by atoms with E-state index in [9.17, 15) is 28.8 Å². The Kier molecular flexibility index (Phi) is 17.4. The van der Waals surface area contributed by atoms with Crippen LogP contribution >= 0.6 is 46.4 Å². The van der Waals surface area contributed by atoms with Crippen molar-refractivity contribution in [2.45, 2.75) is 52.6 Å². The predicted molar refractivity (Wildman–Crippen MR) is 252 cm³/mol. The zero-order valence-electron chi connectivity index (χ0n) is 35.0. The van der Waals surface area contributed by atoms with E-state index in [1.54, 1.807) is 50.2 Å². The smallest absolute Gasteiger partial charge is 0.258 e. The summed E-state index contributed by atoms with van der Waals surface area (Å²) in [6.45, 7) is 5.69. The van der Waals surface area contributed by atoms with Crippen molar-refractivity contribution in [3.8, 4) is 0 Å². The zero-order chi connectivity index (χ0) is 46.5. The Labute approximate surface area is 389 Å². The van der Waals surface area contributed by atoms with Gasteiger partial charge < -0.3 is 21.3 Å². The van der Waals surface area contributed by atoms with Crippen molar-refractivity contribution in [3.05, 3.63) is 140 Å². The van der Waals surface area contributed by atoms with E-state index in [0.717, 1.165) is 11.1 Å². The van der Waals surface area contributed by atoms with Crippen LogP contribution in [0, 0.1) is 13.8 Å². The molecular weight excluding hydrogens is 902 g/mol. The number of ketones is 2. The van der Waals surface area contributed by atoms with Gasteiger partial charge in [-0.05, 0) is 136 Å². The molecule has 18 heteroatoms. The summed E-state index contributed by atoms with van der Waals surface area (Å²) in [6, 6.07) is 23.0. The van der Waals surface area contributed by atoms with Gasteiger partial charge in [0, 0.05) is 55.7 Å². The molecule has 0 aliphatic rings. The highest BCUT2D eigenvalue weighted by molar-refractivity contribution is 6.31. The molecule has 64 heavy (non-hydrogen) atoms. The number of hydrogen-bond donors (Lipinski definition) is 4. The minimum atomic E-state index is -1.56. The van der Waals surface area contributed by atoms with Crippen LogP contribution in [0.15, 0.2) is 118 Å². The number of halogens is 4. The molecule has 0 aliphatic heterocycles. The molecule has 0 saturated carbocycles. The standard InChI is InChI=1S/C46H42Cl4N8O6/c1-25-17-40(54-46(64)42(28(4)60)58-56-38-22-32(20-34(50)24-38)44(62)52-36-11-7-30(8-12-36)14-16-48)26(2)18-39(25)53-45(63)41(27(3)59)57-55-37-21-31(19-33(49)23-37)43(61)51-35-9-5-29(6-10-35)13-15-47/h5-12,17-24,41-42H,13-16H2,1-4H3,(H,51,61)(H,52,62)(H,53,63)(H,54,64). The number of amides is 4. The first-order valence-electron chi connectivity index (χ1n) is 19.6. The van der Waals surface area contributed by atoms with Gasteiger partial charge in [-0.2, -0.15) is 20.5 Å². The van der Waals surface area contributed by atoms with E-state index in [2.05, 4.69) is 41.7 Å². The molecule has 0 radical (unpaired) electrons. The summed E-state index contributed by atoms with van der Waals surface area (Å²) < 4.78 is 0. The SMILES string of the molecule is CC(=O)C(N=Nc1cc(Cl)cc(C(=O)Nc2ccc(CCCl)cc2)c1)C(=O)Nc1cc(C)c(NC(=O)C(N=Nc2cc(Cl)cc(C(=O)Nc3ccc(CCCl)cc3)c2)C(C)=O)cc1C. The van der Waals surface area contributed by atoms with Crippen molar-refractivity contribution in [2.24, 2.45) is 20.5 Å². The van der Waals surface area contributed by atoms with Gasteiger partial charge in [0.25, 0.3) is 23.6 Å². The molecule has 2 atom stereocenters. The maximum atomic E-state index is 13.4. The fourth-order valence-corrected chi connectivity index (χ4v) is 6.93. The van der Waals surface area contributed by atoms with Crippen LogP contribution in [0.25, 0.3) is 0 Å². The van der Waals surface area contributed by atoms with Gasteiger partial charge in [-0.25, -0.2) is 0 Å². The van der Waals surface area contributed by atoms with E-state index in [-0.39, 0.29) is 32.5 Å². The summed E-state index contributed by atoms with van der Waals surface area (Å²) in [5, 5.41) is 27.4. The number of carbonyl (C=O) groups is 6. The van der Waals surface area contributed by atoms with E-state index in [1.807, 2.05) is 24.3 Å². The second-order valence-electron chi connectivity index (χ2n) is 14.5. The molecule has 0 heterocycles. The number of benzene rings is 5. The molecule has 0 fully saturated rings. The van der Waals surface area contributed by atoms with E-state index in [4.69, 9.17) is 46.4 Å². The van der Waals surface area contributed by atoms with Crippen molar-refractivity contribution in [1.82, 2.24) is 0 Å². The lowest BCUT2D eigenvalue weighted by Gasteiger charge is -2.16. The summed E-state index contributed by atoms with van der Waals surface area (Å²) >= 11 is 24.2. The monoisotopic (exact) mass is 942 g/mol. The Bertz CT molecular complexity index is 2460. The average Bonchev–Trinajstić information content (AvgIpc) is 3.23. The molecule has 4 N–H and O–H groups in total. The van der Waals surface area contributed by atoms with Crippen molar-refractivity contribution < 1.29 is 28.8 Å². The molecule has 5 aromatic rings. The average molecular weight is 945 g/mol. The molecular formula is C46H42Cl4N8O6. The Morgan fingerprint density at radius 1 is 0.516 bits per heavy atom. The number of alkyl halides is 2. The van der Waals surface area contributed by atoms with Crippen LogP contribution in [-0.4, -0.2) is 59.0 Å². The van der Waals surface area contributed by atoms with Crippen molar-refractivity contribution in [2.75, 3.05) is 33.0 Å².